The van der Waals surface area contributed by atoms with Crippen molar-refractivity contribution >= 4 is 17.5 Å². The normalized spacial score (nSPS) is 11.0. The molecule has 0 fully saturated rings. The van der Waals surface area contributed by atoms with Crippen molar-refractivity contribution in [2.75, 3.05) is 19.0 Å². The minimum Gasteiger partial charge on any atom is -0.359 e. The minimum absolute atomic E-state index is 0.0195. The molecule has 0 saturated heterocycles. The van der Waals surface area contributed by atoms with Crippen LogP contribution in [0, 0.1) is 17.0 Å². The van der Waals surface area contributed by atoms with Crippen LogP contribution < -0.4 is 21.9 Å². The summed E-state index contributed by atoms with van der Waals surface area (Å²) in [4.78, 5) is 23.4. The van der Waals surface area contributed by atoms with Crippen LogP contribution >= 0.6 is 0 Å². The summed E-state index contributed by atoms with van der Waals surface area (Å²) in [7, 11) is 1.48. The molecule has 2 amide bonds. The molecule has 0 aromatic heterocycles. The third kappa shape index (κ3) is 3.88. The van der Waals surface area contributed by atoms with Gasteiger partial charge in [-0.05, 0) is 26.0 Å². The van der Waals surface area contributed by atoms with Crippen molar-refractivity contribution < 1.29 is 18.4 Å². The zero-order valence-corrected chi connectivity index (χ0v) is 12.0. The van der Waals surface area contributed by atoms with E-state index in [-0.39, 0.29) is 18.0 Å². The van der Waals surface area contributed by atoms with Crippen LogP contribution in [0.1, 0.15) is 24.2 Å². The minimum atomic E-state index is -0.979. The Morgan fingerprint density at radius 2 is 1.76 bits per heavy atom. The second kappa shape index (κ2) is 6.49. The number of nitrogen functional groups attached to an aromatic ring is 1. The molecule has 0 radical (unpaired) electrons. The number of nitrogens with one attached hydrogen (secondary N) is 3. The molecule has 0 unspecified atom stereocenters. The maximum Gasteiger partial charge on any atom is 0.251 e. The molecule has 0 aliphatic carbocycles. The second-order valence-electron chi connectivity index (χ2n) is 5.10. The number of halogens is 2. The molecule has 0 atom stereocenters. The molecule has 1 rings (SSSR count). The Balaban J connectivity index is 2.84. The standard InChI is InChI=1S/C13H18F2N4O2/c1-13(2,12(21)17-3)6-18-11(20)7-4-8(14)10(19-16)9(15)5-7/h4-5,19H,6,16H2,1-3H3,(H,17,21)(H,18,20). The van der Waals surface area contributed by atoms with Gasteiger partial charge in [-0.25, -0.2) is 8.78 Å². The SMILES string of the molecule is CNC(=O)C(C)(C)CNC(=O)c1cc(F)c(NN)c(F)c1. The Morgan fingerprint density at radius 3 is 2.19 bits per heavy atom. The maximum absolute atomic E-state index is 13.5. The zero-order chi connectivity index (χ0) is 16.2. The van der Waals surface area contributed by atoms with Gasteiger partial charge in [0.2, 0.25) is 5.91 Å². The van der Waals surface area contributed by atoms with Gasteiger partial charge in [0.05, 0.1) is 5.41 Å². The van der Waals surface area contributed by atoms with Gasteiger partial charge in [-0.3, -0.25) is 15.4 Å². The van der Waals surface area contributed by atoms with Crippen LogP contribution in [0.4, 0.5) is 14.5 Å². The Morgan fingerprint density at radius 1 is 1.24 bits per heavy atom. The van der Waals surface area contributed by atoms with Gasteiger partial charge in [0, 0.05) is 19.2 Å². The largest absolute Gasteiger partial charge is 0.359 e. The molecule has 0 saturated carbocycles. The molecule has 0 heterocycles. The molecule has 0 aliphatic rings. The topological polar surface area (TPSA) is 96.2 Å². The first-order valence-electron chi connectivity index (χ1n) is 6.19. The molecule has 0 spiro atoms. The van der Waals surface area contributed by atoms with Crippen molar-refractivity contribution in [3.63, 3.8) is 0 Å². The lowest BCUT2D eigenvalue weighted by Gasteiger charge is -2.22. The Labute approximate surface area is 121 Å². The quantitative estimate of drug-likeness (QED) is 0.476. The number of nitrogens with two attached hydrogens (primary N) is 1. The van der Waals surface area contributed by atoms with E-state index < -0.39 is 28.6 Å². The van der Waals surface area contributed by atoms with E-state index in [9.17, 15) is 18.4 Å². The fraction of sp³-hybridized carbons (Fsp3) is 0.385. The summed E-state index contributed by atoms with van der Waals surface area (Å²) < 4.78 is 27.0. The van der Waals surface area contributed by atoms with Gasteiger partial charge >= 0.3 is 0 Å². The van der Waals surface area contributed by atoms with E-state index in [1.54, 1.807) is 13.8 Å². The average Bonchev–Trinajstić information content (AvgIpc) is 2.43. The lowest BCUT2D eigenvalue weighted by atomic mass is 9.92. The summed E-state index contributed by atoms with van der Waals surface area (Å²) in [5.74, 6) is 2.06. The van der Waals surface area contributed by atoms with Crippen LogP contribution in [0.25, 0.3) is 0 Å². The summed E-state index contributed by atoms with van der Waals surface area (Å²) >= 11 is 0. The van der Waals surface area contributed by atoms with E-state index >= 15 is 0 Å². The lowest BCUT2D eigenvalue weighted by Crippen LogP contribution is -2.43. The molecular weight excluding hydrogens is 282 g/mol. The van der Waals surface area contributed by atoms with Crippen LogP contribution in [0.2, 0.25) is 0 Å². The second-order valence-corrected chi connectivity index (χ2v) is 5.10. The first kappa shape index (κ1) is 16.8. The van der Waals surface area contributed by atoms with Crippen LogP contribution in [0.3, 0.4) is 0 Å². The van der Waals surface area contributed by atoms with Crippen LogP contribution in [-0.2, 0) is 4.79 Å². The Bertz CT molecular complexity index is 538. The van der Waals surface area contributed by atoms with Gasteiger partial charge in [-0.2, -0.15) is 0 Å². The van der Waals surface area contributed by atoms with Gasteiger partial charge in [-0.15, -0.1) is 0 Å². The summed E-state index contributed by atoms with van der Waals surface area (Å²) in [6, 6.07) is 1.72. The number of carbonyl (C=O) groups excluding carboxylic acids is 2. The number of anilines is 1. The fourth-order valence-corrected chi connectivity index (χ4v) is 1.66. The molecule has 1 aromatic carbocycles. The number of carbonyl (C=O) groups is 2. The van der Waals surface area contributed by atoms with Crippen molar-refractivity contribution in [1.82, 2.24) is 10.6 Å². The lowest BCUT2D eigenvalue weighted by molar-refractivity contribution is -0.128. The van der Waals surface area contributed by atoms with Gasteiger partial charge in [-0.1, -0.05) is 0 Å². The van der Waals surface area contributed by atoms with Crippen LogP contribution in [0.15, 0.2) is 12.1 Å². The third-order valence-corrected chi connectivity index (χ3v) is 2.98. The molecule has 116 valence electrons. The fourth-order valence-electron chi connectivity index (χ4n) is 1.66. The Kier molecular flexibility index (Phi) is 5.20. The molecule has 21 heavy (non-hydrogen) atoms. The summed E-state index contributed by atoms with van der Waals surface area (Å²) in [6.07, 6.45) is 0. The first-order valence-corrected chi connectivity index (χ1v) is 6.19. The van der Waals surface area contributed by atoms with E-state index in [1.165, 1.54) is 7.05 Å². The van der Waals surface area contributed by atoms with Crippen molar-refractivity contribution in [1.29, 1.82) is 0 Å². The highest BCUT2D eigenvalue weighted by atomic mass is 19.1. The highest BCUT2D eigenvalue weighted by molar-refractivity contribution is 5.95. The maximum atomic E-state index is 13.5. The van der Waals surface area contributed by atoms with Crippen molar-refractivity contribution in [3.8, 4) is 0 Å². The first-order chi connectivity index (χ1) is 9.72. The van der Waals surface area contributed by atoms with Crippen LogP contribution in [0.5, 0.6) is 0 Å². The third-order valence-electron chi connectivity index (χ3n) is 2.98. The molecule has 1 aromatic rings. The smallest absolute Gasteiger partial charge is 0.251 e. The monoisotopic (exact) mass is 300 g/mol. The van der Waals surface area contributed by atoms with Crippen molar-refractivity contribution in [3.05, 3.63) is 29.3 Å². The Hall–Kier alpha value is -2.22. The highest BCUT2D eigenvalue weighted by Gasteiger charge is 2.27. The number of hydrazine groups is 1. The molecular formula is C13H18F2N4O2. The highest BCUT2D eigenvalue weighted by Crippen LogP contribution is 2.20. The summed E-state index contributed by atoms with van der Waals surface area (Å²) in [5, 5.41) is 4.93. The number of hydrogen-bond donors (Lipinski definition) is 4. The number of benzene rings is 1. The zero-order valence-electron chi connectivity index (χ0n) is 12.0. The predicted octanol–water partition coefficient (Wildman–Crippen LogP) is 0.752. The van der Waals surface area contributed by atoms with Crippen LogP contribution in [-0.4, -0.2) is 25.4 Å². The van der Waals surface area contributed by atoms with E-state index in [4.69, 9.17) is 5.84 Å². The molecule has 5 N–H and O–H groups in total. The molecule has 0 bridgehead atoms. The summed E-state index contributed by atoms with van der Waals surface area (Å²) in [5.41, 5.74) is 0.313. The van der Waals surface area contributed by atoms with Gasteiger partial charge < -0.3 is 16.1 Å². The van der Waals surface area contributed by atoms with Crippen molar-refractivity contribution in [2.24, 2.45) is 11.3 Å². The van der Waals surface area contributed by atoms with Gasteiger partial charge in [0.25, 0.3) is 5.91 Å². The molecule has 6 nitrogen and oxygen atoms in total. The number of hydrogen-bond acceptors (Lipinski definition) is 4. The van der Waals surface area contributed by atoms with E-state index in [0.29, 0.717) is 0 Å². The van der Waals surface area contributed by atoms with E-state index in [0.717, 1.165) is 12.1 Å². The van der Waals surface area contributed by atoms with E-state index in [2.05, 4.69) is 10.6 Å². The number of amides is 2. The van der Waals surface area contributed by atoms with Gasteiger partial charge in [0.1, 0.15) is 5.69 Å². The van der Waals surface area contributed by atoms with Gasteiger partial charge in [0.15, 0.2) is 11.6 Å². The molecule has 0 aliphatic heterocycles. The number of rotatable bonds is 5. The van der Waals surface area contributed by atoms with E-state index in [1.807, 2.05) is 5.43 Å². The van der Waals surface area contributed by atoms with Crippen molar-refractivity contribution in [2.45, 2.75) is 13.8 Å². The molecule has 8 heteroatoms. The summed E-state index contributed by atoms with van der Waals surface area (Å²) in [6.45, 7) is 3.29. The average molecular weight is 300 g/mol. The predicted molar refractivity (Wildman–Crippen MR) is 74.3 cm³/mol.